The van der Waals surface area contributed by atoms with Crippen LogP contribution < -0.4 is 10.5 Å². The molecule has 1 heterocycles. The predicted octanol–water partition coefficient (Wildman–Crippen LogP) is 2.22. The van der Waals surface area contributed by atoms with Crippen molar-refractivity contribution in [2.24, 2.45) is 5.73 Å². The molecule has 0 radical (unpaired) electrons. The van der Waals surface area contributed by atoms with Crippen molar-refractivity contribution in [2.45, 2.75) is 19.4 Å². The van der Waals surface area contributed by atoms with E-state index in [1.807, 2.05) is 19.1 Å². The molecule has 0 saturated heterocycles. The smallest absolute Gasteiger partial charge is 0.305 e. The molecule has 96 valence electrons. The number of rotatable bonds is 4. The number of benzene rings is 1. The van der Waals surface area contributed by atoms with Crippen LogP contribution >= 0.6 is 0 Å². The van der Waals surface area contributed by atoms with E-state index in [9.17, 15) is 4.79 Å². The van der Waals surface area contributed by atoms with Gasteiger partial charge in [0, 0.05) is 11.4 Å². The van der Waals surface area contributed by atoms with Gasteiger partial charge in [-0.25, -0.2) is 0 Å². The molecule has 0 aliphatic carbocycles. The van der Waals surface area contributed by atoms with Crippen molar-refractivity contribution in [3.8, 4) is 5.75 Å². The SMILES string of the molecule is COc1cc(C(N)CC(=O)O)cc2cc(C)oc12. The number of methoxy groups -OCH3 is 1. The minimum absolute atomic E-state index is 0.120. The summed E-state index contributed by atoms with van der Waals surface area (Å²) >= 11 is 0. The average Bonchev–Trinajstić information content (AvgIpc) is 2.66. The fraction of sp³-hybridized carbons (Fsp3) is 0.308. The second kappa shape index (κ2) is 4.70. The van der Waals surface area contributed by atoms with Crippen LogP contribution in [0.15, 0.2) is 22.6 Å². The van der Waals surface area contributed by atoms with Crippen LogP contribution in [0.3, 0.4) is 0 Å². The number of hydrogen-bond donors (Lipinski definition) is 2. The highest BCUT2D eigenvalue weighted by Gasteiger charge is 2.15. The van der Waals surface area contributed by atoms with Gasteiger partial charge in [-0.2, -0.15) is 0 Å². The fourth-order valence-corrected chi connectivity index (χ4v) is 1.94. The molecule has 0 amide bonds. The molecule has 1 unspecified atom stereocenters. The van der Waals surface area contributed by atoms with E-state index < -0.39 is 12.0 Å². The Balaban J connectivity index is 2.49. The number of aryl methyl sites for hydroxylation is 1. The Morgan fingerprint density at radius 1 is 1.50 bits per heavy atom. The van der Waals surface area contributed by atoms with Crippen LogP contribution in [-0.4, -0.2) is 18.2 Å². The third-order valence-corrected chi connectivity index (χ3v) is 2.77. The first-order valence-electron chi connectivity index (χ1n) is 5.56. The Morgan fingerprint density at radius 3 is 2.83 bits per heavy atom. The molecule has 0 aliphatic rings. The monoisotopic (exact) mass is 249 g/mol. The van der Waals surface area contributed by atoms with Crippen LogP contribution in [0.5, 0.6) is 5.75 Å². The van der Waals surface area contributed by atoms with E-state index in [-0.39, 0.29) is 6.42 Å². The first-order chi connectivity index (χ1) is 8.51. The van der Waals surface area contributed by atoms with Gasteiger partial charge in [-0.1, -0.05) is 0 Å². The number of hydrogen-bond acceptors (Lipinski definition) is 4. The van der Waals surface area contributed by atoms with Gasteiger partial charge in [0.1, 0.15) is 5.76 Å². The fourth-order valence-electron chi connectivity index (χ4n) is 1.94. The zero-order chi connectivity index (χ0) is 13.3. The highest BCUT2D eigenvalue weighted by molar-refractivity contribution is 5.85. The van der Waals surface area contributed by atoms with E-state index in [1.54, 1.807) is 13.2 Å². The summed E-state index contributed by atoms with van der Waals surface area (Å²) < 4.78 is 10.8. The maximum atomic E-state index is 10.7. The maximum absolute atomic E-state index is 10.7. The number of fused-ring (bicyclic) bond motifs is 1. The third-order valence-electron chi connectivity index (χ3n) is 2.77. The van der Waals surface area contributed by atoms with Gasteiger partial charge >= 0.3 is 5.97 Å². The Morgan fingerprint density at radius 2 is 2.22 bits per heavy atom. The lowest BCUT2D eigenvalue weighted by Crippen LogP contribution is -2.15. The van der Waals surface area contributed by atoms with E-state index in [0.717, 1.165) is 16.7 Å². The molecule has 1 aromatic carbocycles. The molecule has 0 spiro atoms. The van der Waals surface area contributed by atoms with E-state index in [4.69, 9.17) is 20.0 Å². The molecule has 18 heavy (non-hydrogen) atoms. The average molecular weight is 249 g/mol. The number of ether oxygens (including phenoxy) is 1. The van der Waals surface area contributed by atoms with E-state index in [1.165, 1.54) is 0 Å². The number of nitrogens with two attached hydrogens (primary N) is 1. The predicted molar refractivity (Wildman–Crippen MR) is 66.7 cm³/mol. The highest BCUT2D eigenvalue weighted by Crippen LogP contribution is 2.32. The molecular formula is C13H15NO4. The van der Waals surface area contributed by atoms with Gasteiger partial charge < -0.3 is 20.0 Å². The second-order valence-electron chi connectivity index (χ2n) is 4.20. The zero-order valence-corrected chi connectivity index (χ0v) is 10.3. The van der Waals surface area contributed by atoms with Gasteiger partial charge in [0.2, 0.25) is 0 Å². The van der Waals surface area contributed by atoms with E-state index in [0.29, 0.717) is 11.3 Å². The Hall–Kier alpha value is -2.01. The van der Waals surface area contributed by atoms with Crippen molar-refractivity contribution in [1.29, 1.82) is 0 Å². The quantitative estimate of drug-likeness (QED) is 0.867. The van der Waals surface area contributed by atoms with Gasteiger partial charge in [0.05, 0.1) is 13.5 Å². The molecule has 0 bridgehead atoms. The third kappa shape index (κ3) is 2.31. The summed E-state index contributed by atoms with van der Waals surface area (Å²) in [6, 6.07) is 4.87. The van der Waals surface area contributed by atoms with Crippen LogP contribution in [0.4, 0.5) is 0 Å². The first-order valence-corrected chi connectivity index (χ1v) is 5.56. The molecule has 1 atom stereocenters. The molecule has 0 fully saturated rings. The van der Waals surface area contributed by atoms with Crippen molar-refractivity contribution in [3.05, 3.63) is 29.5 Å². The maximum Gasteiger partial charge on any atom is 0.305 e. The summed E-state index contributed by atoms with van der Waals surface area (Å²) in [6.45, 7) is 1.84. The lowest BCUT2D eigenvalue weighted by Gasteiger charge is -2.11. The standard InChI is InChI=1S/C13H15NO4/c1-7-3-9-4-8(10(14)6-12(15)16)5-11(17-2)13(9)18-7/h3-5,10H,6,14H2,1-2H3,(H,15,16). The number of furan rings is 1. The molecule has 2 aromatic rings. The van der Waals surface area contributed by atoms with Gasteiger partial charge in [0.15, 0.2) is 11.3 Å². The molecule has 0 saturated carbocycles. The van der Waals surface area contributed by atoms with Gasteiger partial charge in [-0.3, -0.25) is 4.79 Å². The Bertz CT molecular complexity index is 588. The number of carbonyl (C=O) groups is 1. The van der Waals surface area contributed by atoms with Gasteiger partial charge in [-0.05, 0) is 30.7 Å². The zero-order valence-electron chi connectivity index (χ0n) is 10.3. The molecule has 3 N–H and O–H groups in total. The number of carboxylic acids is 1. The molecular weight excluding hydrogens is 234 g/mol. The van der Waals surface area contributed by atoms with Crippen LogP contribution in [0.25, 0.3) is 11.0 Å². The van der Waals surface area contributed by atoms with Gasteiger partial charge in [-0.15, -0.1) is 0 Å². The van der Waals surface area contributed by atoms with Crippen molar-refractivity contribution in [2.75, 3.05) is 7.11 Å². The van der Waals surface area contributed by atoms with E-state index >= 15 is 0 Å². The summed E-state index contributed by atoms with van der Waals surface area (Å²) in [5.74, 6) is 0.411. The number of carboxylic acid groups (broad SMARTS) is 1. The summed E-state index contributed by atoms with van der Waals surface area (Å²) in [5.41, 5.74) is 7.23. The summed E-state index contributed by atoms with van der Waals surface area (Å²) in [7, 11) is 1.54. The topological polar surface area (TPSA) is 85.7 Å². The van der Waals surface area contributed by atoms with Crippen molar-refractivity contribution in [1.82, 2.24) is 0 Å². The summed E-state index contributed by atoms with van der Waals surface area (Å²) in [5, 5.41) is 9.62. The molecule has 0 aliphatic heterocycles. The molecule has 5 heteroatoms. The summed E-state index contributed by atoms with van der Waals surface area (Å²) in [6.07, 6.45) is -0.120. The van der Waals surface area contributed by atoms with Crippen molar-refractivity contribution < 1.29 is 19.1 Å². The minimum Gasteiger partial charge on any atom is -0.493 e. The highest BCUT2D eigenvalue weighted by atomic mass is 16.5. The van der Waals surface area contributed by atoms with Crippen molar-refractivity contribution in [3.63, 3.8) is 0 Å². The van der Waals surface area contributed by atoms with Crippen LogP contribution in [0, 0.1) is 6.92 Å². The largest absolute Gasteiger partial charge is 0.493 e. The lowest BCUT2D eigenvalue weighted by molar-refractivity contribution is -0.137. The Labute approximate surface area is 104 Å². The first kappa shape index (κ1) is 12.4. The van der Waals surface area contributed by atoms with Crippen LogP contribution in [0.1, 0.15) is 23.8 Å². The molecule has 2 rings (SSSR count). The van der Waals surface area contributed by atoms with Crippen LogP contribution in [0.2, 0.25) is 0 Å². The molecule has 5 nitrogen and oxygen atoms in total. The Kier molecular flexibility index (Phi) is 3.25. The second-order valence-corrected chi connectivity index (χ2v) is 4.20. The van der Waals surface area contributed by atoms with Crippen molar-refractivity contribution >= 4 is 16.9 Å². The van der Waals surface area contributed by atoms with Gasteiger partial charge in [0.25, 0.3) is 0 Å². The lowest BCUT2D eigenvalue weighted by atomic mass is 10.0. The number of aliphatic carboxylic acids is 1. The minimum atomic E-state index is -0.926. The normalized spacial score (nSPS) is 12.6. The molecule has 1 aromatic heterocycles. The summed E-state index contributed by atoms with van der Waals surface area (Å²) in [4.78, 5) is 10.7. The van der Waals surface area contributed by atoms with Crippen LogP contribution in [-0.2, 0) is 4.79 Å². The van der Waals surface area contributed by atoms with E-state index in [2.05, 4.69) is 0 Å².